The maximum atomic E-state index is 12.5. The third kappa shape index (κ3) is 2.53. The standard InChI is InChI=1S/C22H22O8/c1-25-15-7-11-17(21(27-3)20(15)26-2)16(12-8-28-22(24)18(12)19(11)23)10-4-5-13-14(6-10)30-9-29-13/h4-7,12,16,18-19,23H,8-9H2,1-3H3/t12-,16-,18+,19-/m0/s1. The number of rotatable bonds is 4. The number of carbonyl (C=O) groups excluding carboxylic acids is 1. The molecule has 1 fully saturated rings. The zero-order valence-corrected chi connectivity index (χ0v) is 16.8. The number of methoxy groups -OCH3 is 3. The highest BCUT2D eigenvalue weighted by Crippen LogP contribution is 2.58. The molecule has 2 aromatic carbocycles. The second kappa shape index (κ2) is 6.98. The van der Waals surface area contributed by atoms with Crippen LogP contribution in [0.5, 0.6) is 28.7 Å². The Labute approximate surface area is 173 Å². The van der Waals surface area contributed by atoms with E-state index in [9.17, 15) is 9.90 Å². The van der Waals surface area contributed by atoms with Crippen molar-refractivity contribution in [1.29, 1.82) is 0 Å². The van der Waals surface area contributed by atoms with Crippen molar-refractivity contribution in [1.82, 2.24) is 0 Å². The summed E-state index contributed by atoms with van der Waals surface area (Å²) < 4.78 is 33.2. The monoisotopic (exact) mass is 414 g/mol. The van der Waals surface area contributed by atoms with Crippen LogP contribution >= 0.6 is 0 Å². The molecule has 8 heteroatoms. The average Bonchev–Trinajstić information content (AvgIpc) is 3.39. The Morgan fingerprint density at radius 1 is 0.967 bits per heavy atom. The summed E-state index contributed by atoms with van der Waals surface area (Å²) in [4.78, 5) is 12.5. The molecule has 0 bridgehead atoms. The van der Waals surface area contributed by atoms with Gasteiger partial charge in [-0.25, -0.2) is 0 Å². The number of esters is 1. The number of ether oxygens (including phenoxy) is 6. The Morgan fingerprint density at radius 2 is 1.73 bits per heavy atom. The molecular weight excluding hydrogens is 392 g/mol. The van der Waals surface area contributed by atoms with Gasteiger partial charge in [-0.15, -0.1) is 0 Å². The average molecular weight is 414 g/mol. The number of aliphatic hydroxyl groups excluding tert-OH is 1. The molecule has 3 aliphatic rings. The normalized spacial score (nSPS) is 25.9. The molecule has 2 heterocycles. The van der Waals surface area contributed by atoms with E-state index in [-0.39, 0.29) is 25.2 Å². The highest BCUT2D eigenvalue weighted by Gasteiger charge is 2.53. The van der Waals surface area contributed by atoms with Crippen LogP contribution < -0.4 is 23.7 Å². The maximum Gasteiger partial charge on any atom is 0.312 e. The summed E-state index contributed by atoms with van der Waals surface area (Å²) >= 11 is 0. The summed E-state index contributed by atoms with van der Waals surface area (Å²) in [6.45, 7) is 0.372. The largest absolute Gasteiger partial charge is 0.493 e. The van der Waals surface area contributed by atoms with Crippen LogP contribution in [0.15, 0.2) is 24.3 Å². The number of hydrogen-bond donors (Lipinski definition) is 1. The highest BCUT2D eigenvalue weighted by atomic mass is 16.7. The number of aliphatic hydroxyl groups is 1. The first-order chi connectivity index (χ1) is 14.6. The Balaban J connectivity index is 1.78. The summed E-state index contributed by atoms with van der Waals surface area (Å²) in [5, 5.41) is 11.1. The zero-order chi connectivity index (χ0) is 21.0. The van der Waals surface area contributed by atoms with E-state index in [1.165, 1.54) is 14.2 Å². The molecule has 1 saturated heterocycles. The lowest BCUT2D eigenvalue weighted by Crippen LogP contribution is -2.35. The van der Waals surface area contributed by atoms with Gasteiger partial charge in [0.25, 0.3) is 0 Å². The Morgan fingerprint density at radius 3 is 2.47 bits per heavy atom. The van der Waals surface area contributed by atoms with Gasteiger partial charge in [0.1, 0.15) is 0 Å². The fourth-order valence-corrected chi connectivity index (χ4v) is 4.91. The summed E-state index contributed by atoms with van der Waals surface area (Å²) in [7, 11) is 4.59. The Kier molecular flexibility index (Phi) is 4.39. The zero-order valence-electron chi connectivity index (χ0n) is 16.8. The van der Waals surface area contributed by atoms with E-state index in [0.29, 0.717) is 34.3 Å². The molecule has 1 N–H and O–H groups in total. The van der Waals surface area contributed by atoms with Crippen LogP contribution in [0.3, 0.4) is 0 Å². The number of cyclic esters (lactones) is 1. The molecule has 0 saturated carbocycles. The SMILES string of the molecule is COc1cc2c(c(OC)c1OC)[C@@H](c1ccc3c(c1)OCO3)[C@@H]1COC(=O)[C@H]1[C@H]2O. The Hall–Kier alpha value is -3.13. The van der Waals surface area contributed by atoms with Crippen molar-refractivity contribution in [2.45, 2.75) is 12.0 Å². The van der Waals surface area contributed by atoms with Crippen molar-refractivity contribution >= 4 is 5.97 Å². The minimum atomic E-state index is -1.04. The smallest absolute Gasteiger partial charge is 0.312 e. The van der Waals surface area contributed by atoms with Gasteiger partial charge in [-0.2, -0.15) is 0 Å². The number of hydrogen-bond acceptors (Lipinski definition) is 8. The maximum absolute atomic E-state index is 12.5. The van der Waals surface area contributed by atoms with E-state index in [2.05, 4.69) is 0 Å². The van der Waals surface area contributed by atoms with Crippen LogP contribution in [-0.4, -0.2) is 45.8 Å². The molecule has 5 rings (SSSR count). The third-order valence-corrected chi connectivity index (χ3v) is 6.21. The van der Waals surface area contributed by atoms with Crippen LogP contribution in [0.2, 0.25) is 0 Å². The molecule has 30 heavy (non-hydrogen) atoms. The van der Waals surface area contributed by atoms with E-state index in [0.717, 1.165) is 11.1 Å². The minimum Gasteiger partial charge on any atom is -0.493 e. The second-order valence-electron chi connectivity index (χ2n) is 7.50. The molecule has 0 radical (unpaired) electrons. The molecule has 4 atom stereocenters. The van der Waals surface area contributed by atoms with Gasteiger partial charge in [0.05, 0.1) is 40.0 Å². The van der Waals surface area contributed by atoms with Gasteiger partial charge in [0, 0.05) is 17.4 Å². The molecule has 158 valence electrons. The second-order valence-corrected chi connectivity index (χ2v) is 7.50. The first kappa shape index (κ1) is 18.9. The fourth-order valence-electron chi connectivity index (χ4n) is 4.91. The Bertz CT molecular complexity index is 1020. The summed E-state index contributed by atoms with van der Waals surface area (Å²) in [6.07, 6.45) is -1.04. The van der Waals surface area contributed by atoms with E-state index in [4.69, 9.17) is 28.4 Å². The van der Waals surface area contributed by atoms with Gasteiger partial charge in [-0.05, 0) is 29.3 Å². The van der Waals surface area contributed by atoms with Crippen LogP contribution in [0.4, 0.5) is 0 Å². The highest BCUT2D eigenvalue weighted by molar-refractivity contribution is 5.78. The topological polar surface area (TPSA) is 92.7 Å². The van der Waals surface area contributed by atoms with E-state index in [1.54, 1.807) is 13.2 Å². The molecular formula is C22H22O8. The molecule has 0 aromatic heterocycles. The van der Waals surface area contributed by atoms with Crippen molar-refractivity contribution in [2.75, 3.05) is 34.7 Å². The van der Waals surface area contributed by atoms with Crippen LogP contribution in [-0.2, 0) is 9.53 Å². The van der Waals surface area contributed by atoms with Gasteiger partial charge in [0.15, 0.2) is 23.0 Å². The van der Waals surface area contributed by atoms with Gasteiger partial charge in [0.2, 0.25) is 12.5 Å². The predicted molar refractivity (Wildman–Crippen MR) is 103 cm³/mol. The number of carbonyl (C=O) groups is 1. The first-order valence-corrected chi connectivity index (χ1v) is 9.66. The molecule has 1 aliphatic carbocycles. The minimum absolute atomic E-state index is 0.167. The van der Waals surface area contributed by atoms with Crippen molar-refractivity contribution in [3.63, 3.8) is 0 Å². The third-order valence-electron chi connectivity index (χ3n) is 6.21. The molecule has 2 aromatic rings. The molecule has 0 amide bonds. The lowest BCUT2D eigenvalue weighted by Gasteiger charge is -2.38. The van der Waals surface area contributed by atoms with Gasteiger partial charge in [-0.1, -0.05) is 6.07 Å². The fraction of sp³-hybridized carbons (Fsp3) is 0.409. The number of fused-ring (bicyclic) bond motifs is 3. The lowest BCUT2D eigenvalue weighted by molar-refractivity contribution is -0.144. The van der Waals surface area contributed by atoms with Crippen LogP contribution in [0, 0.1) is 11.8 Å². The van der Waals surface area contributed by atoms with Crippen molar-refractivity contribution in [2.24, 2.45) is 11.8 Å². The first-order valence-electron chi connectivity index (χ1n) is 9.66. The summed E-state index contributed by atoms with van der Waals surface area (Å²) in [6, 6.07) is 7.41. The lowest BCUT2D eigenvalue weighted by atomic mass is 9.66. The quantitative estimate of drug-likeness (QED) is 0.763. The van der Waals surface area contributed by atoms with Gasteiger partial charge < -0.3 is 33.5 Å². The van der Waals surface area contributed by atoms with Gasteiger partial charge >= 0.3 is 5.97 Å². The predicted octanol–water partition coefficient (Wildman–Crippen LogP) is 2.41. The van der Waals surface area contributed by atoms with Crippen molar-refractivity contribution < 1.29 is 38.3 Å². The van der Waals surface area contributed by atoms with Crippen molar-refractivity contribution in [3.8, 4) is 28.7 Å². The number of benzene rings is 2. The van der Waals surface area contributed by atoms with E-state index < -0.39 is 18.0 Å². The summed E-state index contributed by atoms with van der Waals surface area (Å²) in [5.74, 6) is 0.976. The molecule has 0 unspecified atom stereocenters. The molecule has 2 aliphatic heterocycles. The molecule has 0 spiro atoms. The van der Waals surface area contributed by atoms with Crippen LogP contribution in [0.1, 0.15) is 28.7 Å². The van der Waals surface area contributed by atoms with E-state index in [1.807, 2.05) is 18.2 Å². The van der Waals surface area contributed by atoms with Crippen LogP contribution in [0.25, 0.3) is 0 Å². The molecule has 8 nitrogen and oxygen atoms in total. The van der Waals surface area contributed by atoms with Crippen molar-refractivity contribution in [3.05, 3.63) is 41.0 Å². The van der Waals surface area contributed by atoms with E-state index >= 15 is 0 Å². The van der Waals surface area contributed by atoms with Gasteiger partial charge in [-0.3, -0.25) is 4.79 Å². The summed E-state index contributed by atoms with van der Waals surface area (Å²) in [5.41, 5.74) is 2.22.